The summed E-state index contributed by atoms with van der Waals surface area (Å²) in [5.41, 5.74) is 0.398. The molecule has 0 saturated heterocycles. The molecule has 0 aliphatic rings. The first-order valence-electron chi connectivity index (χ1n) is 4.98. The maximum absolute atomic E-state index is 11.6. The van der Waals surface area contributed by atoms with E-state index in [1.54, 1.807) is 18.2 Å². The fourth-order valence-electron chi connectivity index (χ4n) is 1.69. The van der Waals surface area contributed by atoms with E-state index in [4.69, 9.17) is 0 Å². The quantitative estimate of drug-likeness (QED) is 0.728. The van der Waals surface area contributed by atoms with Crippen molar-refractivity contribution in [1.82, 2.24) is 4.98 Å². The molecule has 0 radical (unpaired) electrons. The van der Waals surface area contributed by atoms with Crippen LogP contribution in [-0.2, 0) is 4.74 Å². The van der Waals surface area contributed by atoms with Gasteiger partial charge in [-0.2, -0.15) is 0 Å². The summed E-state index contributed by atoms with van der Waals surface area (Å²) in [6, 6.07) is 5.14. The number of ether oxygens (including phenoxy) is 1. The molecule has 17 heavy (non-hydrogen) atoms. The van der Waals surface area contributed by atoms with Gasteiger partial charge in [0.1, 0.15) is 5.75 Å². The SMILES string of the molecule is COC(=O)c1c(O)c2ccc(C)cc2[nH]c1=O. The Hall–Kier alpha value is -2.30. The normalized spacial score (nSPS) is 10.5. The fourth-order valence-corrected chi connectivity index (χ4v) is 1.69. The molecule has 0 spiro atoms. The third-order valence-corrected chi connectivity index (χ3v) is 2.53. The number of aromatic hydroxyl groups is 1. The lowest BCUT2D eigenvalue weighted by Crippen LogP contribution is -2.19. The van der Waals surface area contributed by atoms with Crippen molar-refractivity contribution in [2.75, 3.05) is 7.11 Å². The van der Waals surface area contributed by atoms with Gasteiger partial charge in [-0.15, -0.1) is 0 Å². The number of rotatable bonds is 1. The Morgan fingerprint density at radius 2 is 2.12 bits per heavy atom. The summed E-state index contributed by atoms with van der Waals surface area (Å²) in [5, 5.41) is 10.3. The lowest BCUT2D eigenvalue weighted by molar-refractivity contribution is 0.0595. The van der Waals surface area contributed by atoms with Crippen molar-refractivity contribution in [1.29, 1.82) is 0 Å². The monoisotopic (exact) mass is 233 g/mol. The highest BCUT2D eigenvalue weighted by Gasteiger charge is 2.19. The van der Waals surface area contributed by atoms with Crippen molar-refractivity contribution < 1.29 is 14.6 Å². The van der Waals surface area contributed by atoms with Gasteiger partial charge in [0.15, 0.2) is 5.56 Å². The van der Waals surface area contributed by atoms with Crippen molar-refractivity contribution in [3.8, 4) is 5.75 Å². The number of hydrogen-bond acceptors (Lipinski definition) is 4. The lowest BCUT2D eigenvalue weighted by Gasteiger charge is -2.06. The van der Waals surface area contributed by atoms with Gasteiger partial charge in [0, 0.05) is 5.39 Å². The molecule has 5 nitrogen and oxygen atoms in total. The van der Waals surface area contributed by atoms with Crippen LogP contribution in [0.5, 0.6) is 5.75 Å². The first kappa shape index (κ1) is 11.2. The minimum Gasteiger partial charge on any atom is -0.506 e. The van der Waals surface area contributed by atoms with Crippen LogP contribution in [0.1, 0.15) is 15.9 Å². The molecular formula is C12H11NO4. The molecule has 1 heterocycles. The van der Waals surface area contributed by atoms with E-state index in [9.17, 15) is 14.7 Å². The molecule has 1 aromatic carbocycles. The molecule has 0 aliphatic carbocycles. The van der Waals surface area contributed by atoms with Crippen LogP contribution in [0.3, 0.4) is 0 Å². The third-order valence-electron chi connectivity index (χ3n) is 2.53. The Bertz CT molecular complexity index is 657. The molecular weight excluding hydrogens is 222 g/mol. The number of carbonyl (C=O) groups is 1. The topological polar surface area (TPSA) is 79.4 Å². The summed E-state index contributed by atoms with van der Waals surface area (Å²) >= 11 is 0. The predicted octanol–water partition coefficient (Wildman–Crippen LogP) is 1.33. The van der Waals surface area contributed by atoms with Crippen LogP contribution in [-0.4, -0.2) is 23.2 Å². The number of aromatic amines is 1. The van der Waals surface area contributed by atoms with E-state index in [0.717, 1.165) is 12.7 Å². The van der Waals surface area contributed by atoms with Crippen LogP contribution in [0.4, 0.5) is 0 Å². The van der Waals surface area contributed by atoms with Gasteiger partial charge in [-0.25, -0.2) is 4.79 Å². The zero-order chi connectivity index (χ0) is 12.6. The second-order valence-corrected chi connectivity index (χ2v) is 3.72. The molecule has 5 heteroatoms. The van der Waals surface area contributed by atoms with Crippen molar-refractivity contribution in [3.63, 3.8) is 0 Å². The second kappa shape index (κ2) is 3.93. The number of fused-ring (bicyclic) bond motifs is 1. The van der Waals surface area contributed by atoms with E-state index >= 15 is 0 Å². The van der Waals surface area contributed by atoms with Crippen molar-refractivity contribution in [2.45, 2.75) is 6.92 Å². The van der Waals surface area contributed by atoms with Gasteiger partial charge in [0.2, 0.25) is 0 Å². The highest BCUT2D eigenvalue weighted by molar-refractivity contribution is 5.99. The number of pyridine rings is 1. The van der Waals surface area contributed by atoms with Crippen molar-refractivity contribution in [2.24, 2.45) is 0 Å². The van der Waals surface area contributed by atoms with Crippen LogP contribution in [0.15, 0.2) is 23.0 Å². The molecule has 88 valence electrons. The van der Waals surface area contributed by atoms with Gasteiger partial charge in [-0.05, 0) is 24.6 Å². The molecule has 0 saturated carbocycles. The number of carbonyl (C=O) groups excluding carboxylic acids is 1. The molecule has 0 aliphatic heterocycles. The molecule has 0 amide bonds. The lowest BCUT2D eigenvalue weighted by atomic mass is 10.1. The smallest absolute Gasteiger partial charge is 0.347 e. The van der Waals surface area contributed by atoms with Crippen LogP contribution in [0, 0.1) is 6.92 Å². The Labute approximate surface area is 96.7 Å². The first-order chi connectivity index (χ1) is 8.04. The summed E-state index contributed by atoms with van der Waals surface area (Å²) in [6.07, 6.45) is 0. The third kappa shape index (κ3) is 1.75. The van der Waals surface area contributed by atoms with E-state index in [0.29, 0.717) is 10.9 Å². The van der Waals surface area contributed by atoms with E-state index in [-0.39, 0.29) is 11.3 Å². The number of esters is 1. The number of aromatic nitrogens is 1. The van der Waals surface area contributed by atoms with Gasteiger partial charge < -0.3 is 14.8 Å². The van der Waals surface area contributed by atoms with E-state index in [1.165, 1.54) is 0 Å². The zero-order valence-electron chi connectivity index (χ0n) is 9.40. The van der Waals surface area contributed by atoms with E-state index in [1.807, 2.05) is 6.92 Å². The van der Waals surface area contributed by atoms with Crippen LogP contribution >= 0.6 is 0 Å². The summed E-state index contributed by atoms with van der Waals surface area (Å²) in [7, 11) is 1.15. The van der Waals surface area contributed by atoms with Crippen LogP contribution in [0.25, 0.3) is 10.9 Å². The number of aryl methyl sites for hydroxylation is 1. The van der Waals surface area contributed by atoms with E-state index < -0.39 is 11.5 Å². The second-order valence-electron chi connectivity index (χ2n) is 3.72. The largest absolute Gasteiger partial charge is 0.506 e. The molecule has 0 unspecified atom stereocenters. The van der Waals surface area contributed by atoms with Gasteiger partial charge in [-0.3, -0.25) is 4.79 Å². The zero-order valence-corrected chi connectivity index (χ0v) is 9.40. The first-order valence-corrected chi connectivity index (χ1v) is 4.98. The molecule has 0 bridgehead atoms. The molecule has 2 rings (SSSR count). The number of hydrogen-bond donors (Lipinski definition) is 2. The van der Waals surface area contributed by atoms with Crippen molar-refractivity contribution >= 4 is 16.9 Å². The minimum atomic E-state index is -0.855. The maximum atomic E-state index is 11.6. The minimum absolute atomic E-state index is 0.351. The molecule has 0 fully saturated rings. The molecule has 2 aromatic rings. The number of nitrogens with one attached hydrogen (secondary N) is 1. The van der Waals surface area contributed by atoms with E-state index in [2.05, 4.69) is 9.72 Å². The molecule has 0 atom stereocenters. The number of benzene rings is 1. The predicted molar refractivity (Wildman–Crippen MR) is 62.3 cm³/mol. The summed E-state index contributed by atoms with van der Waals surface area (Å²) in [6.45, 7) is 1.86. The van der Waals surface area contributed by atoms with Crippen LogP contribution < -0.4 is 5.56 Å². The average Bonchev–Trinajstić information content (AvgIpc) is 2.28. The maximum Gasteiger partial charge on any atom is 0.347 e. The summed E-state index contributed by atoms with van der Waals surface area (Å²) in [4.78, 5) is 25.6. The number of methoxy groups -OCH3 is 1. The highest BCUT2D eigenvalue weighted by Crippen LogP contribution is 2.25. The highest BCUT2D eigenvalue weighted by atomic mass is 16.5. The number of H-pyrrole nitrogens is 1. The standard InChI is InChI=1S/C12H11NO4/c1-6-3-4-7-8(5-6)13-11(15)9(10(7)14)12(16)17-2/h3-5H,1-2H3,(H2,13,14,15). The van der Waals surface area contributed by atoms with Crippen LogP contribution in [0.2, 0.25) is 0 Å². The Kier molecular flexibility index (Phi) is 2.59. The Morgan fingerprint density at radius 1 is 1.41 bits per heavy atom. The summed E-state index contributed by atoms with van der Waals surface area (Å²) in [5.74, 6) is -1.21. The molecule has 1 aromatic heterocycles. The van der Waals surface area contributed by atoms with Gasteiger partial charge >= 0.3 is 5.97 Å². The average molecular weight is 233 g/mol. The molecule has 2 N–H and O–H groups in total. The van der Waals surface area contributed by atoms with Gasteiger partial charge in [0.05, 0.1) is 12.6 Å². The van der Waals surface area contributed by atoms with Crippen molar-refractivity contribution in [3.05, 3.63) is 39.7 Å². The Morgan fingerprint density at radius 3 is 2.76 bits per heavy atom. The fraction of sp³-hybridized carbons (Fsp3) is 0.167. The van der Waals surface area contributed by atoms with Gasteiger partial charge in [-0.1, -0.05) is 6.07 Å². The Balaban J connectivity index is 2.85. The van der Waals surface area contributed by atoms with Gasteiger partial charge in [0.25, 0.3) is 5.56 Å². The summed E-state index contributed by atoms with van der Waals surface area (Å²) < 4.78 is 4.45.